The summed E-state index contributed by atoms with van der Waals surface area (Å²) < 4.78 is 0. The van der Waals surface area contributed by atoms with Gasteiger partial charge in [0, 0.05) is 26.1 Å². The first kappa shape index (κ1) is 15.3. The summed E-state index contributed by atoms with van der Waals surface area (Å²) in [5.74, 6) is 0.870. The molecule has 0 aromatic heterocycles. The molecule has 0 atom stereocenters. The summed E-state index contributed by atoms with van der Waals surface area (Å²) in [6.07, 6.45) is 1.99. The fourth-order valence-electron chi connectivity index (χ4n) is 1.84. The molecule has 0 aliphatic heterocycles. The van der Waals surface area contributed by atoms with Crippen LogP contribution in [0.3, 0.4) is 0 Å². The minimum atomic E-state index is 0.108. The van der Waals surface area contributed by atoms with Crippen molar-refractivity contribution in [3.05, 3.63) is 58.6 Å². The Bertz CT molecular complexity index is 629. The van der Waals surface area contributed by atoms with Crippen molar-refractivity contribution in [2.75, 3.05) is 6.26 Å². The van der Waals surface area contributed by atoms with Crippen molar-refractivity contribution in [3.63, 3.8) is 0 Å². The zero-order chi connectivity index (χ0) is 14.5. The number of halogens is 1. The lowest BCUT2D eigenvalue weighted by molar-refractivity contribution is 1.24. The van der Waals surface area contributed by atoms with E-state index < -0.39 is 0 Å². The van der Waals surface area contributed by atoms with Crippen molar-refractivity contribution in [2.24, 2.45) is 5.73 Å². The molecule has 0 aliphatic rings. The van der Waals surface area contributed by atoms with Crippen LogP contribution < -0.4 is 5.73 Å². The molecule has 104 valence electrons. The van der Waals surface area contributed by atoms with Gasteiger partial charge in [-0.3, -0.25) is 5.41 Å². The van der Waals surface area contributed by atoms with Crippen LogP contribution in [-0.2, 0) is 5.75 Å². The molecule has 0 unspecified atom stereocenters. The summed E-state index contributed by atoms with van der Waals surface area (Å²) in [4.78, 5) is 2.05. The molecule has 2 aromatic carbocycles. The number of benzene rings is 2. The Morgan fingerprint density at radius 2 is 1.85 bits per heavy atom. The average Bonchev–Trinajstić information content (AvgIpc) is 2.45. The van der Waals surface area contributed by atoms with Gasteiger partial charge in [-0.15, -0.1) is 23.5 Å². The fourth-order valence-corrected chi connectivity index (χ4v) is 3.92. The summed E-state index contributed by atoms with van der Waals surface area (Å²) in [6, 6.07) is 13.8. The van der Waals surface area contributed by atoms with Gasteiger partial charge in [-0.05, 0) is 30.0 Å². The highest BCUT2D eigenvalue weighted by Gasteiger charge is 2.11. The van der Waals surface area contributed by atoms with Gasteiger partial charge in [0.1, 0.15) is 5.84 Å². The van der Waals surface area contributed by atoms with Gasteiger partial charge in [-0.25, -0.2) is 0 Å². The summed E-state index contributed by atoms with van der Waals surface area (Å²) in [5.41, 5.74) is 7.62. The van der Waals surface area contributed by atoms with Crippen molar-refractivity contribution in [1.29, 1.82) is 5.41 Å². The molecule has 0 saturated heterocycles. The van der Waals surface area contributed by atoms with E-state index in [0.29, 0.717) is 0 Å². The average molecular weight is 323 g/mol. The molecule has 0 saturated carbocycles. The van der Waals surface area contributed by atoms with Crippen LogP contribution in [0.4, 0.5) is 0 Å². The van der Waals surface area contributed by atoms with E-state index in [0.717, 1.165) is 31.7 Å². The van der Waals surface area contributed by atoms with Gasteiger partial charge in [0.15, 0.2) is 0 Å². The minimum absolute atomic E-state index is 0.108. The molecule has 0 aliphatic carbocycles. The lowest BCUT2D eigenvalue weighted by Gasteiger charge is -2.12. The molecule has 2 aromatic rings. The number of nitrogens with two attached hydrogens (primary N) is 1. The first-order chi connectivity index (χ1) is 9.63. The molecule has 5 heteroatoms. The Morgan fingerprint density at radius 1 is 1.15 bits per heavy atom. The number of nitrogens with one attached hydrogen (secondary N) is 1. The van der Waals surface area contributed by atoms with Crippen LogP contribution in [0, 0.1) is 5.41 Å². The molecule has 0 amide bonds. The number of nitrogen functional groups attached to an aromatic ring is 1. The fraction of sp³-hybridized carbons (Fsp3) is 0.133. The second kappa shape index (κ2) is 7.07. The standard InChI is InChI=1S/C15H15ClN2S2/c1-19-12-7-4-8-13(14(12)15(17)18)20-9-10-5-2-3-6-11(10)16/h2-8H,9H2,1H3,(H3,17,18). The lowest BCUT2D eigenvalue weighted by atomic mass is 10.2. The molecule has 3 N–H and O–H groups in total. The van der Waals surface area contributed by atoms with Crippen molar-refractivity contribution < 1.29 is 0 Å². The topological polar surface area (TPSA) is 49.9 Å². The number of thioether (sulfide) groups is 2. The van der Waals surface area contributed by atoms with E-state index in [4.69, 9.17) is 22.7 Å². The molecule has 0 heterocycles. The van der Waals surface area contributed by atoms with Gasteiger partial charge in [0.2, 0.25) is 0 Å². The first-order valence-electron chi connectivity index (χ1n) is 6.01. The summed E-state index contributed by atoms with van der Waals surface area (Å²) >= 11 is 9.42. The van der Waals surface area contributed by atoms with E-state index in [-0.39, 0.29) is 5.84 Å². The second-order valence-corrected chi connectivity index (χ2v) is 6.40. The molecule has 0 bridgehead atoms. The van der Waals surface area contributed by atoms with Gasteiger partial charge < -0.3 is 5.73 Å². The van der Waals surface area contributed by atoms with E-state index in [1.54, 1.807) is 23.5 Å². The molecule has 0 spiro atoms. The Morgan fingerprint density at radius 3 is 2.50 bits per heavy atom. The normalized spacial score (nSPS) is 10.5. The monoisotopic (exact) mass is 322 g/mol. The minimum Gasteiger partial charge on any atom is -0.384 e. The van der Waals surface area contributed by atoms with Crippen LogP contribution in [0.5, 0.6) is 0 Å². The number of hydrogen-bond acceptors (Lipinski definition) is 3. The van der Waals surface area contributed by atoms with Crippen molar-refractivity contribution in [1.82, 2.24) is 0 Å². The quantitative estimate of drug-likeness (QED) is 0.479. The molecule has 2 rings (SSSR count). The van der Waals surface area contributed by atoms with Crippen LogP contribution in [0.15, 0.2) is 52.3 Å². The third-order valence-corrected chi connectivity index (χ3v) is 5.07. The van der Waals surface area contributed by atoms with E-state index >= 15 is 0 Å². The Balaban J connectivity index is 2.26. The van der Waals surface area contributed by atoms with Crippen LogP contribution in [0.25, 0.3) is 0 Å². The second-order valence-electron chi connectivity index (χ2n) is 4.13. The Kier molecular flexibility index (Phi) is 5.40. The third-order valence-electron chi connectivity index (χ3n) is 2.82. The zero-order valence-electron chi connectivity index (χ0n) is 11.0. The van der Waals surface area contributed by atoms with Crippen LogP contribution >= 0.6 is 35.1 Å². The van der Waals surface area contributed by atoms with E-state index in [2.05, 4.69) is 0 Å². The number of amidine groups is 1. The number of hydrogen-bond donors (Lipinski definition) is 2. The molecule has 0 radical (unpaired) electrons. The SMILES string of the molecule is CSc1cccc(SCc2ccccc2Cl)c1C(=N)N. The summed E-state index contributed by atoms with van der Waals surface area (Å²) in [7, 11) is 0. The van der Waals surface area contributed by atoms with Gasteiger partial charge >= 0.3 is 0 Å². The summed E-state index contributed by atoms with van der Waals surface area (Å²) in [5, 5.41) is 8.54. The maximum Gasteiger partial charge on any atom is 0.125 e. The van der Waals surface area contributed by atoms with Crippen molar-refractivity contribution >= 4 is 41.0 Å². The maximum absolute atomic E-state index is 7.77. The molecular weight excluding hydrogens is 308 g/mol. The van der Waals surface area contributed by atoms with E-state index in [9.17, 15) is 0 Å². The van der Waals surface area contributed by atoms with Gasteiger partial charge in [-0.1, -0.05) is 35.9 Å². The van der Waals surface area contributed by atoms with E-state index in [1.807, 2.05) is 48.7 Å². The van der Waals surface area contributed by atoms with Crippen LogP contribution in [0.1, 0.15) is 11.1 Å². The largest absolute Gasteiger partial charge is 0.384 e. The highest BCUT2D eigenvalue weighted by Crippen LogP contribution is 2.33. The molecule has 20 heavy (non-hydrogen) atoms. The lowest BCUT2D eigenvalue weighted by Crippen LogP contribution is -2.13. The molecule has 2 nitrogen and oxygen atoms in total. The molecular formula is C15H15ClN2S2. The smallest absolute Gasteiger partial charge is 0.125 e. The van der Waals surface area contributed by atoms with Crippen LogP contribution in [-0.4, -0.2) is 12.1 Å². The first-order valence-corrected chi connectivity index (χ1v) is 8.60. The highest BCUT2D eigenvalue weighted by atomic mass is 35.5. The zero-order valence-corrected chi connectivity index (χ0v) is 13.4. The Labute approximate surface area is 132 Å². The third kappa shape index (κ3) is 3.51. The van der Waals surface area contributed by atoms with Gasteiger partial charge in [0.05, 0.1) is 0 Å². The predicted octanol–water partition coefficient (Wildman–Crippen LogP) is 4.64. The van der Waals surface area contributed by atoms with Gasteiger partial charge in [0.25, 0.3) is 0 Å². The molecule has 0 fully saturated rings. The maximum atomic E-state index is 7.77. The van der Waals surface area contributed by atoms with Crippen molar-refractivity contribution in [3.8, 4) is 0 Å². The predicted molar refractivity (Wildman–Crippen MR) is 90.3 cm³/mol. The Hall–Kier alpha value is -1.10. The summed E-state index contributed by atoms with van der Waals surface area (Å²) in [6.45, 7) is 0. The van der Waals surface area contributed by atoms with E-state index in [1.165, 1.54) is 0 Å². The highest BCUT2D eigenvalue weighted by molar-refractivity contribution is 7.99. The van der Waals surface area contributed by atoms with Crippen molar-refractivity contribution in [2.45, 2.75) is 15.5 Å². The number of rotatable bonds is 5. The van der Waals surface area contributed by atoms with Gasteiger partial charge in [-0.2, -0.15) is 0 Å². The van der Waals surface area contributed by atoms with Crippen LogP contribution in [0.2, 0.25) is 5.02 Å².